The lowest BCUT2D eigenvalue weighted by Gasteiger charge is -2.07. The number of carbonyl (C=O) groups is 1. The molecular weight excluding hydrogens is 298 g/mol. The number of rotatable bonds is 2. The van der Waals surface area contributed by atoms with E-state index in [0.717, 1.165) is 21.3 Å². The molecule has 0 radical (unpaired) electrons. The second-order valence-electron chi connectivity index (χ2n) is 4.12. The van der Waals surface area contributed by atoms with Gasteiger partial charge in [0.25, 0.3) is 0 Å². The van der Waals surface area contributed by atoms with Crippen LogP contribution in [-0.2, 0) is 0 Å². The molecule has 2 aromatic rings. The van der Waals surface area contributed by atoms with Crippen molar-refractivity contribution in [3.8, 4) is 5.69 Å². The number of carboxylic acid groups (broad SMARTS) is 1. The predicted octanol–water partition coefficient (Wildman–Crippen LogP) is 2.65. The molecule has 0 spiro atoms. The van der Waals surface area contributed by atoms with Crippen LogP contribution in [0, 0.1) is 20.8 Å². The number of hydrogen-bond donors (Lipinski definition) is 1. The Morgan fingerprint density at radius 3 is 2.44 bits per heavy atom. The first-order valence-corrected chi connectivity index (χ1v) is 6.14. The number of aromatic nitrogens is 3. The number of aromatic carboxylic acids is 1. The van der Waals surface area contributed by atoms with Crippen molar-refractivity contribution >= 4 is 21.9 Å². The predicted molar refractivity (Wildman–Crippen MR) is 70.2 cm³/mol. The molecule has 1 aromatic carbocycles. The summed E-state index contributed by atoms with van der Waals surface area (Å²) in [4.78, 5) is 12.3. The molecule has 0 saturated heterocycles. The zero-order valence-corrected chi connectivity index (χ0v) is 11.8. The number of aryl methyl sites for hydroxylation is 3. The summed E-state index contributed by atoms with van der Waals surface area (Å²) in [5, 5.41) is 17.1. The fourth-order valence-corrected chi connectivity index (χ4v) is 2.12. The molecule has 0 atom stereocenters. The second-order valence-corrected chi connectivity index (χ2v) is 4.97. The van der Waals surface area contributed by atoms with E-state index >= 15 is 0 Å². The van der Waals surface area contributed by atoms with Gasteiger partial charge >= 0.3 is 5.97 Å². The summed E-state index contributed by atoms with van der Waals surface area (Å²) in [6.45, 7) is 5.52. The zero-order chi connectivity index (χ0) is 13.4. The van der Waals surface area contributed by atoms with Crippen LogP contribution in [-0.4, -0.2) is 26.1 Å². The van der Waals surface area contributed by atoms with Gasteiger partial charge in [-0.25, -0.2) is 4.79 Å². The van der Waals surface area contributed by atoms with Crippen molar-refractivity contribution in [2.24, 2.45) is 0 Å². The highest BCUT2D eigenvalue weighted by Crippen LogP contribution is 2.23. The van der Waals surface area contributed by atoms with Crippen LogP contribution in [0.1, 0.15) is 27.3 Å². The van der Waals surface area contributed by atoms with Crippen molar-refractivity contribution in [2.45, 2.75) is 20.8 Å². The first-order chi connectivity index (χ1) is 8.40. The van der Waals surface area contributed by atoms with Crippen molar-refractivity contribution in [2.75, 3.05) is 0 Å². The van der Waals surface area contributed by atoms with Gasteiger partial charge in [0.15, 0.2) is 5.69 Å². The van der Waals surface area contributed by atoms with Gasteiger partial charge in [-0.2, -0.15) is 9.90 Å². The molecule has 1 aromatic heterocycles. The van der Waals surface area contributed by atoms with Crippen LogP contribution in [0.4, 0.5) is 0 Å². The van der Waals surface area contributed by atoms with Gasteiger partial charge in [0.2, 0.25) is 0 Å². The highest BCUT2D eigenvalue weighted by Gasteiger charge is 2.16. The molecule has 0 amide bonds. The molecule has 5 nitrogen and oxygen atoms in total. The van der Waals surface area contributed by atoms with E-state index in [1.165, 1.54) is 4.80 Å². The zero-order valence-electron chi connectivity index (χ0n) is 10.2. The van der Waals surface area contributed by atoms with Crippen LogP contribution >= 0.6 is 15.9 Å². The molecular formula is C12H12BrN3O2. The maximum absolute atomic E-state index is 10.9. The van der Waals surface area contributed by atoms with E-state index in [-0.39, 0.29) is 5.69 Å². The summed E-state index contributed by atoms with van der Waals surface area (Å²) in [6.07, 6.45) is 0. The van der Waals surface area contributed by atoms with E-state index in [1.807, 2.05) is 26.0 Å². The molecule has 0 aliphatic rings. The summed E-state index contributed by atoms with van der Waals surface area (Å²) in [5.74, 6) is -1.06. The molecule has 2 rings (SSSR count). The molecule has 1 heterocycles. The Kier molecular flexibility index (Phi) is 3.21. The Morgan fingerprint density at radius 2 is 1.89 bits per heavy atom. The van der Waals surface area contributed by atoms with Crippen molar-refractivity contribution in [1.29, 1.82) is 0 Å². The summed E-state index contributed by atoms with van der Waals surface area (Å²) >= 11 is 3.45. The average Bonchev–Trinajstić information content (AvgIpc) is 2.65. The summed E-state index contributed by atoms with van der Waals surface area (Å²) in [6, 6.07) is 3.88. The first kappa shape index (κ1) is 12.8. The second kappa shape index (κ2) is 4.53. The van der Waals surface area contributed by atoms with Crippen LogP contribution in [0.5, 0.6) is 0 Å². The topological polar surface area (TPSA) is 68.0 Å². The molecule has 0 fully saturated rings. The van der Waals surface area contributed by atoms with Gasteiger partial charge in [0.1, 0.15) is 0 Å². The van der Waals surface area contributed by atoms with Gasteiger partial charge in [-0.1, -0.05) is 15.9 Å². The monoisotopic (exact) mass is 309 g/mol. The number of hydrogen-bond acceptors (Lipinski definition) is 3. The minimum Gasteiger partial charge on any atom is -0.476 e. The third-order valence-electron chi connectivity index (χ3n) is 2.68. The third-order valence-corrected chi connectivity index (χ3v) is 3.53. The van der Waals surface area contributed by atoms with Crippen LogP contribution < -0.4 is 0 Å². The van der Waals surface area contributed by atoms with E-state index < -0.39 is 5.97 Å². The largest absolute Gasteiger partial charge is 0.476 e. The van der Waals surface area contributed by atoms with Gasteiger partial charge in [-0.15, -0.1) is 5.10 Å². The Balaban J connectivity index is 2.59. The number of carboxylic acids is 1. The Labute approximate surface area is 113 Å². The summed E-state index contributed by atoms with van der Waals surface area (Å²) in [7, 11) is 0. The highest BCUT2D eigenvalue weighted by atomic mass is 79.9. The minimum atomic E-state index is -1.06. The van der Waals surface area contributed by atoms with Gasteiger partial charge in [-0.3, -0.25) is 0 Å². The lowest BCUT2D eigenvalue weighted by atomic mass is 10.1. The Hall–Kier alpha value is -1.69. The Morgan fingerprint density at radius 1 is 1.22 bits per heavy atom. The molecule has 0 aliphatic carbocycles. The van der Waals surface area contributed by atoms with E-state index in [9.17, 15) is 4.79 Å². The molecule has 94 valence electrons. The first-order valence-electron chi connectivity index (χ1n) is 5.34. The van der Waals surface area contributed by atoms with Crippen LogP contribution in [0.15, 0.2) is 16.6 Å². The van der Waals surface area contributed by atoms with E-state index in [1.54, 1.807) is 6.92 Å². The maximum Gasteiger partial charge on any atom is 0.358 e. The molecule has 0 aliphatic heterocycles. The summed E-state index contributed by atoms with van der Waals surface area (Å²) in [5.41, 5.74) is 3.19. The smallest absolute Gasteiger partial charge is 0.358 e. The molecule has 6 heteroatoms. The Bertz CT molecular complexity index is 634. The quantitative estimate of drug-likeness (QED) is 0.926. The van der Waals surface area contributed by atoms with Gasteiger partial charge in [0, 0.05) is 4.47 Å². The fraction of sp³-hybridized carbons (Fsp3) is 0.250. The molecule has 18 heavy (non-hydrogen) atoms. The highest BCUT2D eigenvalue weighted by molar-refractivity contribution is 9.10. The van der Waals surface area contributed by atoms with E-state index in [4.69, 9.17) is 5.11 Å². The lowest BCUT2D eigenvalue weighted by Crippen LogP contribution is -2.04. The number of halogens is 1. The van der Waals surface area contributed by atoms with E-state index in [2.05, 4.69) is 26.1 Å². The average molecular weight is 310 g/mol. The summed E-state index contributed by atoms with van der Waals surface area (Å²) < 4.78 is 1.01. The van der Waals surface area contributed by atoms with Crippen LogP contribution in [0.25, 0.3) is 5.69 Å². The number of nitrogens with zero attached hydrogens (tertiary/aromatic N) is 3. The molecule has 0 bridgehead atoms. The van der Waals surface area contributed by atoms with Crippen molar-refractivity contribution in [3.05, 3.63) is 39.1 Å². The van der Waals surface area contributed by atoms with Crippen molar-refractivity contribution in [1.82, 2.24) is 15.0 Å². The maximum atomic E-state index is 10.9. The standard InChI is InChI=1S/C12H12BrN3O2/c1-6-5-10(7(2)4-9(6)13)16-14-8(3)11(15-16)12(17)18/h4-5H,1-3H3,(H,17,18). The normalized spacial score (nSPS) is 10.7. The van der Waals surface area contributed by atoms with Crippen LogP contribution in [0.3, 0.4) is 0 Å². The molecule has 0 saturated carbocycles. The number of benzene rings is 1. The molecule has 1 N–H and O–H groups in total. The lowest BCUT2D eigenvalue weighted by molar-refractivity contribution is 0.0689. The fourth-order valence-electron chi connectivity index (χ4n) is 1.67. The van der Waals surface area contributed by atoms with Crippen molar-refractivity contribution in [3.63, 3.8) is 0 Å². The van der Waals surface area contributed by atoms with Crippen LogP contribution in [0.2, 0.25) is 0 Å². The van der Waals surface area contributed by atoms with Crippen molar-refractivity contribution < 1.29 is 9.90 Å². The SMILES string of the molecule is Cc1cc(-n2nc(C)c(C(=O)O)n2)c(C)cc1Br. The molecule has 0 unspecified atom stereocenters. The van der Waals surface area contributed by atoms with Gasteiger partial charge in [0.05, 0.1) is 11.4 Å². The van der Waals surface area contributed by atoms with Gasteiger partial charge in [-0.05, 0) is 44.0 Å². The van der Waals surface area contributed by atoms with Gasteiger partial charge < -0.3 is 5.11 Å². The van der Waals surface area contributed by atoms with E-state index in [0.29, 0.717) is 5.69 Å². The minimum absolute atomic E-state index is 0.0185. The third kappa shape index (κ3) is 2.15.